The van der Waals surface area contributed by atoms with Crippen LogP contribution in [0.2, 0.25) is 0 Å². The van der Waals surface area contributed by atoms with E-state index in [2.05, 4.69) is 6.26 Å². The van der Waals surface area contributed by atoms with Crippen molar-refractivity contribution in [1.82, 2.24) is 0 Å². The van der Waals surface area contributed by atoms with Gasteiger partial charge in [0.2, 0.25) is 0 Å². The van der Waals surface area contributed by atoms with E-state index in [0.29, 0.717) is 0 Å². The van der Waals surface area contributed by atoms with Gasteiger partial charge in [0.05, 0.1) is 0 Å². The Morgan fingerprint density at radius 2 is 2.00 bits per heavy atom. The Kier molecular flexibility index (Phi) is 2.26. The van der Waals surface area contributed by atoms with Crippen LogP contribution in [0.5, 0.6) is 0 Å². The molecule has 0 saturated carbocycles. The normalized spacial score (nSPS) is 9.20. The zero-order valence-corrected chi connectivity index (χ0v) is 6.67. The maximum absolute atomic E-state index is 4.99. The Balaban J connectivity index is 0.000000500. The van der Waals surface area contributed by atoms with Gasteiger partial charge < -0.3 is 4.42 Å². The molecule has 0 N–H and O–H groups in total. The number of para-hydroxylation sites is 1. The first-order valence-corrected chi connectivity index (χ1v) is 2.81. The molecule has 0 fully saturated rings. The Hall–Kier alpha value is -0.578. The molecule has 0 unspecified atom stereocenters. The summed E-state index contributed by atoms with van der Waals surface area (Å²) in [4.78, 5) is 0. The van der Waals surface area contributed by atoms with Crippen LogP contribution in [0.1, 0.15) is 0 Å². The van der Waals surface area contributed by atoms with Crippen LogP contribution in [0.15, 0.2) is 34.7 Å². The second-order valence-corrected chi connectivity index (χ2v) is 1.90. The van der Waals surface area contributed by atoms with Gasteiger partial charge in [-0.15, -0.1) is 17.5 Å². The summed E-state index contributed by atoms with van der Waals surface area (Å²) in [5.74, 6) is 0. The summed E-state index contributed by atoms with van der Waals surface area (Å²) in [5.41, 5.74) is 0.900. The van der Waals surface area contributed by atoms with E-state index in [0.717, 1.165) is 11.0 Å². The Morgan fingerprint density at radius 3 is 2.80 bits per heavy atom. The Morgan fingerprint density at radius 1 is 1.20 bits per heavy atom. The Bertz CT molecular complexity index is 283. The molecular weight excluding hydrogens is 219 g/mol. The summed E-state index contributed by atoms with van der Waals surface area (Å²) in [6.45, 7) is 0. The van der Waals surface area contributed by atoms with Crippen LogP contribution in [0.25, 0.3) is 11.0 Å². The van der Waals surface area contributed by atoms with Gasteiger partial charge in [0, 0.05) is 20.4 Å². The first-order chi connectivity index (χ1) is 4.47. The fraction of sp³-hybridized carbons (Fsp3) is 0. The molecule has 0 bridgehead atoms. The average molecular weight is 224 g/mol. The van der Waals surface area contributed by atoms with Crippen LogP contribution in [0, 0.1) is 6.26 Å². The van der Waals surface area contributed by atoms with Crippen molar-refractivity contribution in [2.24, 2.45) is 0 Å². The van der Waals surface area contributed by atoms with E-state index in [9.17, 15) is 0 Å². The number of furan rings is 1. The van der Waals surface area contributed by atoms with Gasteiger partial charge in [0.1, 0.15) is 0 Å². The van der Waals surface area contributed by atoms with Crippen molar-refractivity contribution in [1.29, 1.82) is 0 Å². The van der Waals surface area contributed by atoms with Gasteiger partial charge in [-0.2, -0.15) is 0 Å². The van der Waals surface area contributed by atoms with Crippen molar-refractivity contribution in [3.8, 4) is 0 Å². The molecule has 2 rings (SSSR count). The van der Waals surface area contributed by atoms with Crippen LogP contribution < -0.4 is 0 Å². The van der Waals surface area contributed by atoms with Crippen LogP contribution in [0.4, 0.5) is 0 Å². The zero-order valence-electron chi connectivity index (χ0n) is 5.11. The van der Waals surface area contributed by atoms with Gasteiger partial charge >= 0.3 is 0 Å². The van der Waals surface area contributed by atoms with Crippen molar-refractivity contribution in [2.75, 3.05) is 0 Å². The fourth-order valence-corrected chi connectivity index (χ4v) is 0.849. The van der Waals surface area contributed by atoms with E-state index < -0.39 is 0 Å². The van der Waals surface area contributed by atoms with E-state index in [1.54, 1.807) is 0 Å². The molecule has 0 aliphatic carbocycles. The summed E-state index contributed by atoms with van der Waals surface area (Å²) >= 11 is 0. The molecule has 1 aromatic heterocycles. The van der Waals surface area contributed by atoms with Crippen molar-refractivity contribution < 1.29 is 24.8 Å². The first-order valence-electron chi connectivity index (χ1n) is 2.81. The maximum Gasteiger partial charge on any atom is 0 e. The molecule has 10 heavy (non-hydrogen) atoms. The summed E-state index contributed by atoms with van der Waals surface area (Å²) in [6.07, 6.45) is 2.66. The molecule has 0 atom stereocenters. The van der Waals surface area contributed by atoms with Gasteiger partial charge in [-0.1, -0.05) is 18.2 Å². The van der Waals surface area contributed by atoms with Gasteiger partial charge in [0.25, 0.3) is 0 Å². The molecule has 1 nitrogen and oxygen atoms in total. The monoisotopic (exact) mass is 223 g/mol. The standard InChI is InChI=1S/C8H5O.Pd/c1-2-4-8-7(3-1)5-6-9-8;/h1-5H;/q-1;. The average Bonchev–Trinajstić information content (AvgIpc) is 2.33. The second-order valence-electron chi connectivity index (χ2n) is 1.90. The van der Waals surface area contributed by atoms with E-state index >= 15 is 0 Å². The van der Waals surface area contributed by atoms with Gasteiger partial charge in [-0.3, -0.25) is 0 Å². The molecule has 2 aromatic rings. The van der Waals surface area contributed by atoms with Crippen molar-refractivity contribution in [3.63, 3.8) is 0 Å². The second kappa shape index (κ2) is 3.01. The molecule has 54 valence electrons. The number of rotatable bonds is 0. The quantitative estimate of drug-likeness (QED) is 0.493. The third-order valence-electron chi connectivity index (χ3n) is 1.30. The molecule has 0 radical (unpaired) electrons. The molecule has 1 heterocycles. The molecule has 0 aliphatic heterocycles. The summed E-state index contributed by atoms with van der Waals surface area (Å²) in [5, 5.41) is 1.11. The summed E-state index contributed by atoms with van der Waals surface area (Å²) in [7, 11) is 0. The predicted octanol–water partition coefficient (Wildman–Crippen LogP) is 2.23. The first kappa shape index (κ1) is 7.53. The topological polar surface area (TPSA) is 13.1 Å². The largest absolute Gasteiger partial charge is 0.591 e. The number of hydrogen-bond acceptors (Lipinski definition) is 1. The minimum Gasteiger partial charge on any atom is -0.591 e. The number of fused-ring (bicyclic) bond motifs is 1. The number of benzene rings is 1. The molecule has 0 saturated heterocycles. The van der Waals surface area contributed by atoms with Gasteiger partial charge in [-0.25, -0.2) is 0 Å². The van der Waals surface area contributed by atoms with Crippen molar-refractivity contribution in [2.45, 2.75) is 0 Å². The molecule has 0 spiro atoms. The van der Waals surface area contributed by atoms with Crippen molar-refractivity contribution in [3.05, 3.63) is 36.6 Å². The molecule has 0 aliphatic rings. The summed E-state index contributed by atoms with van der Waals surface area (Å²) < 4.78 is 4.99. The van der Waals surface area contributed by atoms with E-state index in [1.807, 2.05) is 30.3 Å². The molecule has 1 aromatic carbocycles. The third kappa shape index (κ3) is 1.14. The molecular formula is C8H5OPd-. The number of hydrogen-bond donors (Lipinski definition) is 0. The fourth-order valence-electron chi connectivity index (χ4n) is 0.849. The smallest absolute Gasteiger partial charge is 0 e. The molecule has 2 heteroatoms. The van der Waals surface area contributed by atoms with Gasteiger partial charge in [0.15, 0.2) is 0 Å². The maximum atomic E-state index is 4.99. The minimum absolute atomic E-state index is 0. The van der Waals surface area contributed by atoms with E-state index in [1.165, 1.54) is 0 Å². The minimum atomic E-state index is 0. The zero-order chi connectivity index (χ0) is 6.10. The predicted molar refractivity (Wildman–Crippen MR) is 35.1 cm³/mol. The van der Waals surface area contributed by atoms with Crippen LogP contribution in [-0.4, -0.2) is 0 Å². The Labute approximate surface area is 72.7 Å². The van der Waals surface area contributed by atoms with E-state index in [4.69, 9.17) is 4.42 Å². The van der Waals surface area contributed by atoms with Crippen LogP contribution in [0.3, 0.4) is 0 Å². The summed E-state index contributed by atoms with van der Waals surface area (Å²) in [6, 6.07) is 9.67. The van der Waals surface area contributed by atoms with Gasteiger partial charge in [-0.05, 0) is 11.8 Å². The van der Waals surface area contributed by atoms with Crippen LogP contribution >= 0.6 is 0 Å². The van der Waals surface area contributed by atoms with Crippen molar-refractivity contribution >= 4 is 11.0 Å². The van der Waals surface area contributed by atoms with Crippen LogP contribution in [-0.2, 0) is 20.4 Å². The third-order valence-corrected chi connectivity index (χ3v) is 1.30. The van der Waals surface area contributed by atoms with E-state index in [-0.39, 0.29) is 20.4 Å². The molecule has 0 amide bonds. The SMILES string of the molecule is [Pd].[c-]1cc2ccccc2o1.